The van der Waals surface area contributed by atoms with Crippen molar-refractivity contribution in [2.75, 3.05) is 6.61 Å². The molecule has 0 atom stereocenters. The summed E-state index contributed by atoms with van der Waals surface area (Å²) in [6.07, 6.45) is 2.02. The lowest BCUT2D eigenvalue weighted by Crippen LogP contribution is -2.11. The summed E-state index contributed by atoms with van der Waals surface area (Å²) in [6.45, 7) is 5.80. The number of hydrogen-bond acceptors (Lipinski definition) is 4. The second kappa shape index (κ2) is 6.43. The van der Waals surface area contributed by atoms with Crippen LogP contribution in [0.5, 0.6) is 0 Å². The summed E-state index contributed by atoms with van der Waals surface area (Å²) in [5, 5.41) is 0. The van der Waals surface area contributed by atoms with E-state index in [1.807, 2.05) is 13.8 Å². The minimum atomic E-state index is -0.433. The van der Waals surface area contributed by atoms with Gasteiger partial charge < -0.3 is 4.74 Å². The van der Waals surface area contributed by atoms with E-state index in [9.17, 15) is 9.18 Å². The standard InChI is InChI=1S/C16H17FN2O2/c1-4-14-13(16(20)21-5-2)9-18-15(19-14)12-8-11(17)7-6-10(12)3/h6-9H,4-5H2,1-3H3. The van der Waals surface area contributed by atoms with Crippen molar-refractivity contribution in [2.24, 2.45) is 0 Å². The van der Waals surface area contributed by atoms with Gasteiger partial charge in [0.1, 0.15) is 5.82 Å². The molecule has 0 radical (unpaired) electrons. The van der Waals surface area contributed by atoms with E-state index in [0.717, 1.165) is 5.56 Å². The molecule has 0 fully saturated rings. The van der Waals surface area contributed by atoms with Gasteiger partial charge in [-0.3, -0.25) is 0 Å². The third kappa shape index (κ3) is 3.24. The molecule has 1 heterocycles. The van der Waals surface area contributed by atoms with Crippen molar-refractivity contribution in [2.45, 2.75) is 27.2 Å². The van der Waals surface area contributed by atoms with Crippen molar-refractivity contribution in [3.8, 4) is 11.4 Å². The maximum absolute atomic E-state index is 13.4. The normalized spacial score (nSPS) is 10.5. The van der Waals surface area contributed by atoms with Crippen LogP contribution in [-0.4, -0.2) is 22.5 Å². The van der Waals surface area contributed by atoms with Crippen LogP contribution in [0.15, 0.2) is 24.4 Å². The molecule has 0 amide bonds. The van der Waals surface area contributed by atoms with E-state index < -0.39 is 5.97 Å². The number of ether oxygens (including phenoxy) is 1. The van der Waals surface area contributed by atoms with Crippen molar-refractivity contribution in [3.63, 3.8) is 0 Å². The molecule has 0 spiro atoms. The summed E-state index contributed by atoms with van der Waals surface area (Å²) in [7, 11) is 0. The Morgan fingerprint density at radius 1 is 1.33 bits per heavy atom. The van der Waals surface area contributed by atoms with E-state index in [0.29, 0.717) is 35.7 Å². The summed E-state index contributed by atoms with van der Waals surface area (Å²) in [6, 6.07) is 4.47. The van der Waals surface area contributed by atoms with E-state index in [2.05, 4.69) is 9.97 Å². The lowest BCUT2D eigenvalue weighted by atomic mass is 10.1. The minimum Gasteiger partial charge on any atom is -0.462 e. The maximum Gasteiger partial charge on any atom is 0.341 e. The lowest BCUT2D eigenvalue weighted by molar-refractivity contribution is 0.0524. The number of nitrogens with zero attached hydrogens (tertiary/aromatic N) is 2. The zero-order valence-electron chi connectivity index (χ0n) is 12.3. The first kappa shape index (κ1) is 15.1. The zero-order chi connectivity index (χ0) is 15.4. The average Bonchev–Trinajstić information content (AvgIpc) is 2.49. The first-order chi connectivity index (χ1) is 10.1. The monoisotopic (exact) mass is 288 g/mol. The minimum absolute atomic E-state index is 0.298. The molecule has 1 aromatic carbocycles. The molecule has 0 aliphatic heterocycles. The van der Waals surface area contributed by atoms with Crippen molar-refractivity contribution in [3.05, 3.63) is 47.0 Å². The molecule has 0 aliphatic rings. The highest BCUT2D eigenvalue weighted by Crippen LogP contribution is 2.22. The fourth-order valence-electron chi connectivity index (χ4n) is 2.03. The van der Waals surface area contributed by atoms with Crippen LogP contribution in [-0.2, 0) is 11.2 Å². The van der Waals surface area contributed by atoms with Crippen LogP contribution in [0.3, 0.4) is 0 Å². The van der Waals surface area contributed by atoms with Gasteiger partial charge in [0.05, 0.1) is 17.9 Å². The Balaban J connectivity index is 2.48. The molecule has 0 aliphatic carbocycles. The van der Waals surface area contributed by atoms with Gasteiger partial charge >= 0.3 is 5.97 Å². The molecule has 2 rings (SSSR count). The number of hydrogen-bond donors (Lipinski definition) is 0. The van der Waals surface area contributed by atoms with Gasteiger partial charge in [-0.1, -0.05) is 13.0 Å². The summed E-state index contributed by atoms with van der Waals surface area (Å²) in [5.41, 5.74) is 2.46. The topological polar surface area (TPSA) is 52.1 Å². The Bertz CT molecular complexity index is 671. The fraction of sp³-hybridized carbons (Fsp3) is 0.312. The van der Waals surface area contributed by atoms with Crippen molar-refractivity contribution < 1.29 is 13.9 Å². The molecule has 2 aromatic rings. The highest BCUT2D eigenvalue weighted by Gasteiger charge is 2.16. The number of rotatable bonds is 4. The molecule has 4 nitrogen and oxygen atoms in total. The average molecular weight is 288 g/mol. The van der Waals surface area contributed by atoms with Gasteiger partial charge in [-0.05, 0) is 38.0 Å². The molecule has 110 valence electrons. The zero-order valence-corrected chi connectivity index (χ0v) is 12.3. The largest absolute Gasteiger partial charge is 0.462 e. The Hall–Kier alpha value is -2.30. The maximum atomic E-state index is 13.4. The third-order valence-corrected chi connectivity index (χ3v) is 3.14. The second-order valence-electron chi connectivity index (χ2n) is 4.59. The number of carbonyl (C=O) groups is 1. The van der Waals surface area contributed by atoms with Gasteiger partial charge in [0.15, 0.2) is 5.82 Å². The van der Waals surface area contributed by atoms with Gasteiger partial charge in [-0.2, -0.15) is 0 Å². The highest BCUT2D eigenvalue weighted by atomic mass is 19.1. The molecule has 0 unspecified atom stereocenters. The molecule has 0 saturated carbocycles. The first-order valence-corrected chi connectivity index (χ1v) is 6.86. The van der Waals surface area contributed by atoms with Crippen LogP contribution in [0.25, 0.3) is 11.4 Å². The van der Waals surface area contributed by atoms with Crippen LogP contribution in [0.4, 0.5) is 4.39 Å². The predicted molar refractivity (Wildman–Crippen MR) is 77.5 cm³/mol. The Morgan fingerprint density at radius 2 is 2.10 bits per heavy atom. The second-order valence-corrected chi connectivity index (χ2v) is 4.59. The lowest BCUT2D eigenvalue weighted by Gasteiger charge is -2.09. The summed E-state index contributed by atoms with van der Waals surface area (Å²) in [4.78, 5) is 20.4. The Morgan fingerprint density at radius 3 is 2.76 bits per heavy atom. The fourth-order valence-corrected chi connectivity index (χ4v) is 2.03. The Kier molecular flexibility index (Phi) is 4.62. The van der Waals surface area contributed by atoms with Crippen LogP contribution < -0.4 is 0 Å². The van der Waals surface area contributed by atoms with Gasteiger partial charge in [0, 0.05) is 11.8 Å². The van der Waals surface area contributed by atoms with Gasteiger partial charge in [-0.25, -0.2) is 19.2 Å². The van der Waals surface area contributed by atoms with E-state index >= 15 is 0 Å². The molecular formula is C16H17FN2O2. The predicted octanol–water partition coefficient (Wildman–Crippen LogP) is 3.33. The van der Waals surface area contributed by atoms with Crippen LogP contribution in [0.1, 0.15) is 35.5 Å². The summed E-state index contributed by atoms with van der Waals surface area (Å²) >= 11 is 0. The number of aromatic nitrogens is 2. The summed E-state index contributed by atoms with van der Waals surface area (Å²) < 4.78 is 18.4. The third-order valence-electron chi connectivity index (χ3n) is 3.14. The number of carbonyl (C=O) groups excluding carboxylic acids is 1. The van der Waals surface area contributed by atoms with E-state index in [-0.39, 0.29) is 5.82 Å². The Labute approximate surface area is 123 Å². The molecular weight excluding hydrogens is 271 g/mol. The van der Waals surface area contributed by atoms with Crippen molar-refractivity contribution in [1.29, 1.82) is 0 Å². The molecule has 1 aromatic heterocycles. The van der Waals surface area contributed by atoms with Crippen LogP contribution >= 0.6 is 0 Å². The first-order valence-electron chi connectivity index (χ1n) is 6.86. The molecule has 0 N–H and O–H groups in total. The van der Waals surface area contributed by atoms with Crippen LogP contribution in [0, 0.1) is 12.7 Å². The van der Waals surface area contributed by atoms with Gasteiger partial charge in [0.2, 0.25) is 0 Å². The van der Waals surface area contributed by atoms with Crippen molar-refractivity contribution in [1.82, 2.24) is 9.97 Å². The molecule has 5 heteroatoms. The number of esters is 1. The quantitative estimate of drug-likeness (QED) is 0.810. The molecule has 0 bridgehead atoms. The number of aryl methyl sites for hydroxylation is 2. The highest BCUT2D eigenvalue weighted by molar-refractivity contribution is 5.90. The van der Waals surface area contributed by atoms with E-state index in [1.54, 1.807) is 13.0 Å². The SMILES string of the molecule is CCOC(=O)c1cnc(-c2cc(F)ccc2C)nc1CC. The summed E-state index contributed by atoms with van der Waals surface area (Å²) in [5.74, 6) is -0.361. The smallest absolute Gasteiger partial charge is 0.341 e. The van der Waals surface area contributed by atoms with Crippen molar-refractivity contribution >= 4 is 5.97 Å². The van der Waals surface area contributed by atoms with Gasteiger partial charge in [-0.15, -0.1) is 0 Å². The number of halogens is 1. The van der Waals surface area contributed by atoms with E-state index in [4.69, 9.17) is 4.74 Å². The van der Waals surface area contributed by atoms with E-state index in [1.165, 1.54) is 18.3 Å². The van der Waals surface area contributed by atoms with Gasteiger partial charge in [0.25, 0.3) is 0 Å². The number of benzene rings is 1. The van der Waals surface area contributed by atoms with Crippen LogP contribution in [0.2, 0.25) is 0 Å². The molecule has 0 saturated heterocycles. The molecule has 21 heavy (non-hydrogen) atoms.